The predicted octanol–water partition coefficient (Wildman–Crippen LogP) is 3.34. The molecular weight excluding hydrogens is 295 g/mol. The number of benzene rings is 1. The Morgan fingerprint density at radius 1 is 1.45 bits per heavy atom. The van der Waals surface area contributed by atoms with Crippen molar-refractivity contribution < 1.29 is 4.79 Å². The minimum atomic E-state index is 0.0464. The molecule has 1 amide bonds. The summed E-state index contributed by atoms with van der Waals surface area (Å²) < 4.78 is 0. The van der Waals surface area contributed by atoms with E-state index in [4.69, 9.17) is 23.2 Å². The van der Waals surface area contributed by atoms with Crippen LogP contribution in [0.1, 0.15) is 25.3 Å². The fraction of sp³-hybridized carbons (Fsp3) is 0.533. The molecule has 1 aliphatic rings. The summed E-state index contributed by atoms with van der Waals surface area (Å²) in [6.07, 6.45) is 2.44. The third-order valence-corrected chi connectivity index (χ3v) is 4.19. The molecule has 20 heavy (non-hydrogen) atoms. The Balaban J connectivity index is 1.80. The van der Waals surface area contributed by atoms with Crippen LogP contribution in [0.3, 0.4) is 0 Å². The second kappa shape index (κ2) is 7.30. The highest BCUT2D eigenvalue weighted by Gasteiger charge is 2.18. The van der Waals surface area contributed by atoms with E-state index in [9.17, 15) is 4.79 Å². The van der Waals surface area contributed by atoms with Crippen LogP contribution in [0.25, 0.3) is 0 Å². The molecular formula is C15H20Cl2N2O. The number of amides is 1. The van der Waals surface area contributed by atoms with Gasteiger partial charge in [-0.2, -0.15) is 0 Å². The van der Waals surface area contributed by atoms with E-state index < -0.39 is 0 Å². The van der Waals surface area contributed by atoms with Gasteiger partial charge in [0.05, 0.1) is 6.54 Å². The van der Waals surface area contributed by atoms with E-state index in [1.165, 1.54) is 12.8 Å². The lowest BCUT2D eigenvalue weighted by Crippen LogP contribution is -2.41. The van der Waals surface area contributed by atoms with Crippen LogP contribution in [0, 0.1) is 5.92 Å². The second-order valence-corrected chi connectivity index (χ2v) is 6.34. The molecule has 0 radical (unpaired) electrons. The van der Waals surface area contributed by atoms with E-state index in [2.05, 4.69) is 17.1 Å². The molecule has 1 fully saturated rings. The molecule has 0 saturated carbocycles. The maximum atomic E-state index is 11.9. The lowest BCUT2D eigenvalue weighted by atomic mass is 10.0. The van der Waals surface area contributed by atoms with Gasteiger partial charge in [-0.15, -0.1) is 0 Å². The Hall–Kier alpha value is -0.770. The van der Waals surface area contributed by atoms with Crippen LogP contribution in [0.5, 0.6) is 0 Å². The summed E-state index contributed by atoms with van der Waals surface area (Å²) in [6.45, 7) is 5.17. The normalized spacial score (nSPS) is 19.9. The number of halogens is 2. The lowest BCUT2D eigenvalue weighted by Gasteiger charge is -2.30. The summed E-state index contributed by atoms with van der Waals surface area (Å²) in [5, 5.41) is 4.10. The molecule has 2 rings (SSSR count). The van der Waals surface area contributed by atoms with Crippen LogP contribution in [0.15, 0.2) is 18.2 Å². The SMILES string of the molecule is C[C@@H]1CCCN(CC(=O)NCc2ccc(Cl)cc2Cl)C1. The average Bonchev–Trinajstić information content (AvgIpc) is 2.37. The molecule has 5 heteroatoms. The van der Waals surface area contributed by atoms with E-state index in [-0.39, 0.29) is 5.91 Å². The van der Waals surface area contributed by atoms with Crippen molar-refractivity contribution in [3.63, 3.8) is 0 Å². The molecule has 3 nitrogen and oxygen atoms in total. The largest absolute Gasteiger partial charge is 0.351 e. The smallest absolute Gasteiger partial charge is 0.234 e. The number of nitrogens with zero attached hydrogens (tertiary/aromatic N) is 1. The number of carbonyl (C=O) groups excluding carboxylic acids is 1. The number of nitrogens with one attached hydrogen (secondary N) is 1. The summed E-state index contributed by atoms with van der Waals surface area (Å²) in [5.41, 5.74) is 0.886. The Bertz CT molecular complexity index is 479. The summed E-state index contributed by atoms with van der Waals surface area (Å²) in [5.74, 6) is 0.729. The van der Waals surface area contributed by atoms with E-state index in [1.807, 2.05) is 6.07 Å². The molecule has 1 saturated heterocycles. The van der Waals surface area contributed by atoms with Gasteiger partial charge in [0.2, 0.25) is 5.91 Å². The van der Waals surface area contributed by atoms with Gasteiger partial charge in [-0.1, -0.05) is 36.2 Å². The molecule has 0 unspecified atom stereocenters. The van der Waals surface area contributed by atoms with Gasteiger partial charge in [0.15, 0.2) is 0 Å². The van der Waals surface area contributed by atoms with Crippen molar-refractivity contribution >= 4 is 29.1 Å². The highest BCUT2D eigenvalue weighted by atomic mass is 35.5. The lowest BCUT2D eigenvalue weighted by molar-refractivity contribution is -0.122. The third-order valence-electron chi connectivity index (χ3n) is 3.60. The van der Waals surface area contributed by atoms with Crippen molar-refractivity contribution in [2.45, 2.75) is 26.3 Å². The second-order valence-electron chi connectivity index (χ2n) is 5.49. The zero-order valence-corrected chi connectivity index (χ0v) is 13.2. The molecule has 0 spiro atoms. The molecule has 1 N–H and O–H groups in total. The maximum Gasteiger partial charge on any atom is 0.234 e. The van der Waals surface area contributed by atoms with Gasteiger partial charge in [-0.3, -0.25) is 9.69 Å². The topological polar surface area (TPSA) is 32.3 Å². The zero-order valence-electron chi connectivity index (χ0n) is 11.7. The minimum absolute atomic E-state index is 0.0464. The summed E-state index contributed by atoms with van der Waals surface area (Å²) in [4.78, 5) is 14.2. The fourth-order valence-electron chi connectivity index (χ4n) is 2.55. The number of hydrogen-bond donors (Lipinski definition) is 1. The summed E-state index contributed by atoms with van der Waals surface area (Å²) in [6, 6.07) is 5.31. The standard InChI is InChI=1S/C15H20Cl2N2O/c1-11-3-2-6-19(9-11)10-15(20)18-8-12-4-5-13(16)7-14(12)17/h4-5,7,11H,2-3,6,8-10H2,1H3,(H,18,20)/t11-/m1/s1. The number of rotatable bonds is 4. The van der Waals surface area contributed by atoms with Gasteiger partial charge in [0.1, 0.15) is 0 Å². The quantitative estimate of drug-likeness (QED) is 0.924. The first-order chi connectivity index (χ1) is 9.54. The van der Waals surface area contributed by atoms with Crippen molar-refractivity contribution in [2.75, 3.05) is 19.6 Å². The predicted molar refractivity (Wildman–Crippen MR) is 83.1 cm³/mol. The zero-order chi connectivity index (χ0) is 14.5. The van der Waals surface area contributed by atoms with Gasteiger partial charge in [0.25, 0.3) is 0 Å². The van der Waals surface area contributed by atoms with E-state index in [0.717, 1.165) is 18.7 Å². The number of piperidine rings is 1. The Morgan fingerprint density at radius 3 is 2.95 bits per heavy atom. The molecule has 110 valence electrons. The Labute approximate surface area is 130 Å². The molecule has 1 atom stereocenters. The first kappa shape index (κ1) is 15.6. The van der Waals surface area contributed by atoms with Gasteiger partial charge in [-0.25, -0.2) is 0 Å². The van der Waals surface area contributed by atoms with Crippen LogP contribution >= 0.6 is 23.2 Å². The molecule has 1 aliphatic heterocycles. The van der Waals surface area contributed by atoms with Crippen LogP contribution in [0.4, 0.5) is 0 Å². The Morgan fingerprint density at radius 2 is 2.25 bits per heavy atom. The monoisotopic (exact) mass is 314 g/mol. The van der Waals surface area contributed by atoms with Crippen LogP contribution in [-0.4, -0.2) is 30.4 Å². The molecule has 0 aliphatic carbocycles. The first-order valence-electron chi connectivity index (χ1n) is 6.97. The van der Waals surface area contributed by atoms with Crippen molar-refractivity contribution in [1.82, 2.24) is 10.2 Å². The highest BCUT2D eigenvalue weighted by Crippen LogP contribution is 2.20. The third kappa shape index (κ3) is 4.65. The van der Waals surface area contributed by atoms with Gasteiger partial charge < -0.3 is 5.32 Å². The summed E-state index contributed by atoms with van der Waals surface area (Å²) >= 11 is 11.9. The number of carbonyl (C=O) groups is 1. The van der Waals surface area contributed by atoms with Gasteiger partial charge in [0, 0.05) is 23.1 Å². The number of hydrogen-bond acceptors (Lipinski definition) is 2. The van der Waals surface area contributed by atoms with E-state index in [1.54, 1.807) is 12.1 Å². The van der Waals surface area contributed by atoms with Crippen LogP contribution < -0.4 is 5.32 Å². The molecule has 0 aromatic heterocycles. The van der Waals surface area contributed by atoms with E-state index >= 15 is 0 Å². The molecule has 1 aromatic rings. The van der Waals surface area contributed by atoms with Crippen molar-refractivity contribution in [2.24, 2.45) is 5.92 Å². The van der Waals surface area contributed by atoms with Gasteiger partial charge in [-0.05, 0) is 43.0 Å². The highest BCUT2D eigenvalue weighted by molar-refractivity contribution is 6.35. The van der Waals surface area contributed by atoms with Crippen LogP contribution in [0.2, 0.25) is 10.0 Å². The maximum absolute atomic E-state index is 11.9. The summed E-state index contributed by atoms with van der Waals surface area (Å²) in [7, 11) is 0. The fourth-order valence-corrected chi connectivity index (χ4v) is 3.02. The molecule has 0 bridgehead atoms. The van der Waals surface area contributed by atoms with Gasteiger partial charge >= 0.3 is 0 Å². The van der Waals surface area contributed by atoms with Crippen molar-refractivity contribution in [3.05, 3.63) is 33.8 Å². The average molecular weight is 315 g/mol. The minimum Gasteiger partial charge on any atom is -0.351 e. The molecule has 1 aromatic carbocycles. The molecule has 1 heterocycles. The van der Waals surface area contributed by atoms with Crippen molar-refractivity contribution in [3.8, 4) is 0 Å². The van der Waals surface area contributed by atoms with Crippen molar-refractivity contribution in [1.29, 1.82) is 0 Å². The Kier molecular flexibility index (Phi) is 5.70. The van der Waals surface area contributed by atoms with Crippen LogP contribution in [-0.2, 0) is 11.3 Å². The van der Waals surface area contributed by atoms with E-state index in [0.29, 0.717) is 29.1 Å². The first-order valence-corrected chi connectivity index (χ1v) is 7.73. The number of likely N-dealkylation sites (tertiary alicyclic amines) is 1.